The van der Waals surface area contributed by atoms with E-state index in [9.17, 15) is 9.50 Å². The Balaban J connectivity index is 2.15. The summed E-state index contributed by atoms with van der Waals surface area (Å²) in [6.45, 7) is 5.97. The first-order chi connectivity index (χ1) is 8.59. The molecule has 0 heterocycles. The van der Waals surface area contributed by atoms with E-state index in [1.54, 1.807) is 18.2 Å². The van der Waals surface area contributed by atoms with Crippen LogP contribution in [0.2, 0.25) is 0 Å². The zero-order chi connectivity index (χ0) is 13.4. The van der Waals surface area contributed by atoms with Gasteiger partial charge in [-0.15, -0.1) is 0 Å². The summed E-state index contributed by atoms with van der Waals surface area (Å²) in [6, 6.07) is 6.49. The van der Waals surface area contributed by atoms with Crippen molar-refractivity contribution in [2.75, 3.05) is 19.7 Å². The van der Waals surface area contributed by atoms with E-state index in [2.05, 4.69) is 19.2 Å². The lowest BCUT2D eigenvalue weighted by atomic mass is 10.2. The fourth-order valence-electron chi connectivity index (χ4n) is 1.52. The van der Waals surface area contributed by atoms with Crippen LogP contribution < -0.4 is 5.32 Å². The van der Waals surface area contributed by atoms with Gasteiger partial charge in [-0.3, -0.25) is 0 Å². The molecular formula is C14H22FNO2. The maximum absolute atomic E-state index is 13.3. The Hall–Kier alpha value is -0.970. The van der Waals surface area contributed by atoms with Crippen LogP contribution in [0.1, 0.15) is 19.4 Å². The molecule has 0 aromatic heterocycles. The van der Waals surface area contributed by atoms with Gasteiger partial charge in [-0.25, -0.2) is 4.39 Å². The van der Waals surface area contributed by atoms with Crippen molar-refractivity contribution >= 4 is 0 Å². The minimum atomic E-state index is -0.560. The van der Waals surface area contributed by atoms with Gasteiger partial charge in [-0.2, -0.15) is 0 Å². The number of aliphatic hydroxyl groups is 1. The average molecular weight is 255 g/mol. The number of ether oxygens (including phenoxy) is 1. The van der Waals surface area contributed by atoms with Crippen LogP contribution in [0.25, 0.3) is 0 Å². The third-order valence-corrected chi connectivity index (χ3v) is 2.46. The summed E-state index contributed by atoms with van der Waals surface area (Å²) in [5.74, 6) is 0.279. The van der Waals surface area contributed by atoms with Crippen LogP contribution in [0.4, 0.5) is 4.39 Å². The normalized spacial score (nSPS) is 12.9. The molecule has 1 aromatic rings. The van der Waals surface area contributed by atoms with Crippen molar-refractivity contribution < 1.29 is 14.2 Å². The zero-order valence-electron chi connectivity index (χ0n) is 11.0. The first-order valence-electron chi connectivity index (χ1n) is 6.29. The van der Waals surface area contributed by atoms with E-state index >= 15 is 0 Å². The summed E-state index contributed by atoms with van der Waals surface area (Å²) in [6.07, 6.45) is -0.560. The molecule has 102 valence electrons. The molecule has 0 radical (unpaired) electrons. The van der Waals surface area contributed by atoms with E-state index in [4.69, 9.17) is 4.74 Å². The molecule has 0 aliphatic carbocycles. The average Bonchev–Trinajstić information content (AvgIpc) is 2.31. The highest BCUT2D eigenvalue weighted by Crippen LogP contribution is 2.07. The lowest BCUT2D eigenvalue weighted by Gasteiger charge is -2.13. The number of aliphatic hydroxyl groups excluding tert-OH is 1. The quantitative estimate of drug-likeness (QED) is 0.746. The molecule has 1 aromatic carbocycles. The fraction of sp³-hybridized carbons (Fsp3) is 0.571. The highest BCUT2D eigenvalue weighted by atomic mass is 19.1. The van der Waals surface area contributed by atoms with Crippen LogP contribution in [-0.2, 0) is 11.3 Å². The highest BCUT2D eigenvalue weighted by molar-refractivity contribution is 5.16. The van der Waals surface area contributed by atoms with Crippen LogP contribution in [0, 0.1) is 11.7 Å². The Kier molecular flexibility index (Phi) is 6.86. The van der Waals surface area contributed by atoms with Gasteiger partial charge in [-0.1, -0.05) is 32.0 Å². The standard InChI is InChI=1S/C14H22FNO2/c1-11(2)7-16-8-13(17)10-18-9-12-5-3-4-6-14(12)15/h3-6,11,13,16-17H,7-10H2,1-2H3. The van der Waals surface area contributed by atoms with Gasteiger partial charge in [0.25, 0.3) is 0 Å². The minimum absolute atomic E-state index is 0.188. The smallest absolute Gasteiger partial charge is 0.128 e. The third-order valence-electron chi connectivity index (χ3n) is 2.46. The largest absolute Gasteiger partial charge is 0.389 e. The number of hydrogen-bond donors (Lipinski definition) is 2. The van der Waals surface area contributed by atoms with Crippen LogP contribution in [0.15, 0.2) is 24.3 Å². The van der Waals surface area contributed by atoms with Gasteiger partial charge in [0, 0.05) is 12.1 Å². The lowest BCUT2D eigenvalue weighted by molar-refractivity contribution is 0.0277. The molecule has 0 spiro atoms. The number of nitrogens with one attached hydrogen (secondary N) is 1. The van der Waals surface area contributed by atoms with Crippen molar-refractivity contribution in [2.24, 2.45) is 5.92 Å². The van der Waals surface area contributed by atoms with Crippen molar-refractivity contribution in [1.82, 2.24) is 5.32 Å². The summed E-state index contributed by atoms with van der Waals surface area (Å²) in [4.78, 5) is 0. The molecule has 0 saturated carbocycles. The maximum Gasteiger partial charge on any atom is 0.128 e. The summed E-state index contributed by atoms with van der Waals surface area (Å²) in [5, 5.41) is 12.8. The predicted octanol–water partition coefficient (Wildman–Crippen LogP) is 1.95. The van der Waals surface area contributed by atoms with E-state index in [0.717, 1.165) is 6.54 Å². The van der Waals surface area contributed by atoms with Gasteiger partial charge in [0.1, 0.15) is 5.82 Å². The van der Waals surface area contributed by atoms with E-state index < -0.39 is 6.10 Å². The van der Waals surface area contributed by atoms with Gasteiger partial charge >= 0.3 is 0 Å². The second-order valence-corrected chi connectivity index (χ2v) is 4.81. The monoisotopic (exact) mass is 255 g/mol. The molecule has 0 bridgehead atoms. The minimum Gasteiger partial charge on any atom is -0.389 e. The van der Waals surface area contributed by atoms with Gasteiger partial charge in [0.2, 0.25) is 0 Å². The summed E-state index contributed by atoms with van der Waals surface area (Å²) >= 11 is 0. The van der Waals surface area contributed by atoms with Crippen LogP contribution >= 0.6 is 0 Å². The molecule has 1 unspecified atom stereocenters. The second kappa shape index (κ2) is 8.19. The Labute approximate surface area is 108 Å². The van der Waals surface area contributed by atoms with Gasteiger partial charge in [-0.05, 0) is 18.5 Å². The molecule has 0 fully saturated rings. The van der Waals surface area contributed by atoms with Crippen LogP contribution in [0.5, 0.6) is 0 Å². The van der Waals surface area contributed by atoms with Crippen LogP contribution in [-0.4, -0.2) is 30.9 Å². The molecule has 0 aliphatic rings. The molecule has 3 nitrogen and oxygen atoms in total. The van der Waals surface area contributed by atoms with Crippen molar-refractivity contribution in [3.8, 4) is 0 Å². The number of halogens is 1. The Morgan fingerprint density at radius 2 is 2.00 bits per heavy atom. The summed E-state index contributed by atoms with van der Waals surface area (Å²) < 4.78 is 18.5. The van der Waals surface area contributed by atoms with Crippen molar-refractivity contribution in [1.29, 1.82) is 0 Å². The molecule has 1 atom stereocenters. The van der Waals surface area contributed by atoms with Gasteiger partial charge in [0.05, 0.1) is 19.3 Å². The topological polar surface area (TPSA) is 41.5 Å². The molecule has 0 aliphatic heterocycles. The predicted molar refractivity (Wildman–Crippen MR) is 69.8 cm³/mol. The van der Waals surface area contributed by atoms with E-state index in [1.807, 2.05) is 0 Å². The Morgan fingerprint density at radius 3 is 2.67 bits per heavy atom. The molecule has 0 amide bonds. The Morgan fingerprint density at radius 1 is 1.28 bits per heavy atom. The number of hydrogen-bond acceptors (Lipinski definition) is 3. The highest BCUT2D eigenvalue weighted by Gasteiger charge is 2.06. The third kappa shape index (κ3) is 6.10. The summed E-state index contributed by atoms with van der Waals surface area (Å²) in [7, 11) is 0. The molecule has 2 N–H and O–H groups in total. The van der Waals surface area contributed by atoms with Crippen molar-refractivity contribution in [3.05, 3.63) is 35.6 Å². The molecular weight excluding hydrogens is 233 g/mol. The first kappa shape index (κ1) is 15.1. The Bertz CT molecular complexity index is 344. The second-order valence-electron chi connectivity index (χ2n) is 4.81. The lowest BCUT2D eigenvalue weighted by Crippen LogP contribution is -2.32. The molecule has 1 rings (SSSR count). The van der Waals surface area contributed by atoms with Gasteiger partial charge in [0.15, 0.2) is 0 Å². The first-order valence-corrected chi connectivity index (χ1v) is 6.29. The fourth-order valence-corrected chi connectivity index (χ4v) is 1.52. The van der Waals surface area contributed by atoms with Crippen LogP contribution in [0.3, 0.4) is 0 Å². The SMILES string of the molecule is CC(C)CNCC(O)COCc1ccccc1F. The van der Waals surface area contributed by atoms with E-state index in [1.165, 1.54) is 6.07 Å². The number of rotatable bonds is 8. The van der Waals surface area contributed by atoms with E-state index in [-0.39, 0.29) is 19.0 Å². The number of benzene rings is 1. The van der Waals surface area contributed by atoms with E-state index in [0.29, 0.717) is 18.0 Å². The maximum atomic E-state index is 13.3. The van der Waals surface area contributed by atoms with Crippen molar-refractivity contribution in [3.63, 3.8) is 0 Å². The zero-order valence-corrected chi connectivity index (χ0v) is 11.0. The van der Waals surface area contributed by atoms with Gasteiger partial charge < -0.3 is 15.2 Å². The molecule has 0 saturated heterocycles. The summed E-state index contributed by atoms with van der Waals surface area (Å²) in [5.41, 5.74) is 0.514. The van der Waals surface area contributed by atoms with Crippen molar-refractivity contribution in [2.45, 2.75) is 26.6 Å². The molecule has 4 heteroatoms. The molecule has 18 heavy (non-hydrogen) atoms.